The van der Waals surface area contributed by atoms with Gasteiger partial charge in [-0.25, -0.2) is 9.97 Å². The lowest BCUT2D eigenvalue weighted by Crippen LogP contribution is -2.25. The van der Waals surface area contributed by atoms with Crippen molar-refractivity contribution in [1.29, 1.82) is 0 Å². The second kappa shape index (κ2) is 5.10. The maximum atomic E-state index is 5.71. The average Bonchev–Trinajstić information content (AvgIpc) is 2.27. The van der Waals surface area contributed by atoms with E-state index < -0.39 is 5.60 Å². The van der Waals surface area contributed by atoms with Crippen LogP contribution in [0.5, 0.6) is 0 Å². The Bertz CT molecular complexity index is 379. The molecule has 1 aromatic heterocycles. The van der Waals surface area contributed by atoms with E-state index >= 15 is 0 Å². The second-order valence-electron chi connectivity index (χ2n) is 4.98. The van der Waals surface area contributed by atoms with E-state index in [4.69, 9.17) is 10.5 Å². The lowest BCUT2D eigenvalue weighted by atomic mass is 9.97. The van der Waals surface area contributed by atoms with Gasteiger partial charge in [0.25, 0.3) is 0 Å². The molecule has 1 heterocycles. The van der Waals surface area contributed by atoms with E-state index in [0.717, 1.165) is 22.8 Å². The van der Waals surface area contributed by atoms with Crippen LogP contribution in [-0.2, 0) is 10.3 Å². The number of aromatic nitrogens is 2. The Kier molecular flexibility index (Phi) is 4.22. The maximum Gasteiger partial charge on any atom is 0.160 e. The molecule has 96 valence electrons. The monoisotopic (exact) mass is 237 g/mol. The van der Waals surface area contributed by atoms with Crippen molar-refractivity contribution >= 4 is 0 Å². The number of rotatable bonds is 4. The van der Waals surface area contributed by atoms with Crippen molar-refractivity contribution in [1.82, 2.24) is 9.97 Å². The van der Waals surface area contributed by atoms with Gasteiger partial charge in [-0.15, -0.1) is 0 Å². The van der Waals surface area contributed by atoms with Crippen LogP contribution in [0.2, 0.25) is 0 Å². The standard InChI is InChI=1S/C13H23N3O/c1-8(7-14)11-9(2)15-12(16-10(11)3)13(4,5)17-6/h8H,7,14H2,1-6H3. The normalized spacial score (nSPS) is 13.8. The SMILES string of the molecule is COC(C)(C)c1nc(C)c(C(C)CN)c(C)n1. The summed E-state index contributed by atoms with van der Waals surface area (Å²) in [5.74, 6) is 1.01. The summed E-state index contributed by atoms with van der Waals surface area (Å²) in [4.78, 5) is 9.11. The Labute approximate surface area is 104 Å². The van der Waals surface area contributed by atoms with Gasteiger partial charge >= 0.3 is 0 Å². The summed E-state index contributed by atoms with van der Waals surface area (Å²) >= 11 is 0. The largest absolute Gasteiger partial charge is 0.371 e. The average molecular weight is 237 g/mol. The lowest BCUT2D eigenvalue weighted by Gasteiger charge is -2.24. The Morgan fingerprint density at radius 3 is 2.06 bits per heavy atom. The summed E-state index contributed by atoms with van der Waals surface area (Å²) in [5.41, 5.74) is 8.40. The van der Waals surface area contributed by atoms with Crippen LogP contribution in [0.4, 0.5) is 0 Å². The Hall–Kier alpha value is -1.00. The molecular formula is C13H23N3O. The van der Waals surface area contributed by atoms with Crippen LogP contribution in [0, 0.1) is 13.8 Å². The van der Waals surface area contributed by atoms with Gasteiger partial charge in [0, 0.05) is 18.5 Å². The molecule has 0 saturated carbocycles. The third-order valence-corrected chi connectivity index (χ3v) is 3.22. The van der Waals surface area contributed by atoms with Gasteiger partial charge in [-0.2, -0.15) is 0 Å². The zero-order valence-corrected chi connectivity index (χ0v) is 11.7. The molecular weight excluding hydrogens is 214 g/mol. The first-order chi connectivity index (χ1) is 7.83. The van der Waals surface area contributed by atoms with Crippen LogP contribution in [0.25, 0.3) is 0 Å². The highest BCUT2D eigenvalue weighted by molar-refractivity contribution is 5.29. The fourth-order valence-electron chi connectivity index (χ4n) is 1.92. The first kappa shape index (κ1) is 14.1. The highest BCUT2D eigenvalue weighted by atomic mass is 16.5. The van der Waals surface area contributed by atoms with E-state index in [1.54, 1.807) is 7.11 Å². The zero-order valence-electron chi connectivity index (χ0n) is 11.7. The van der Waals surface area contributed by atoms with Crippen LogP contribution in [0.15, 0.2) is 0 Å². The maximum absolute atomic E-state index is 5.71. The van der Waals surface area contributed by atoms with Gasteiger partial charge in [0.2, 0.25) is 0 Å². The molecule has 0 aliphatic heterocycles. The Morgan fingerprint density at radius 2 is 1.71 bits per heavy atom. The molecule has 0 bridgehead atoms. The van der Waals surface area contributed by atoms with E-state index in [0.29, 0.717) is 6.54 Å². The molecule has 1 atom stereocenters. The Balaban J connectivity index is 3.28. The van der Waals surface area contributed by atoms with Crippen molar-refractivity contribution in [2.24, 2.45) is 5.73 Å². The molecule has 0 radical (unpaired) electrons. The molecule has 2 N–H and O–H groups in total. The molecule has 0 fully saturated rings. The molecule has 17 heavy (non-hydrogen) atoms. The molecule has 0 amide bonds. The van der Waals surface area contributed by atoms with Crippen molar-refractivity contribution in [2.75, 3.05) is 13.7 Å². The number of ether oxygens (including phenoxy) is 1. The molecule has 1 unspecified atom stereocenters. The highest BCUT2D eigenvalue weighted by Gasteiger charge is 2.25. The predicted octanol–water partition coefficient (Wildman–Crippen LogP) is 2.04. The number of hydrogen-bond donors (Lipinski definition) is 1. The Morgan fingerprint density at radius 1 is 1.24 bits per heavy atom. The highest BCUT2D eigenvalue weighted by Crippen LogP contribution is 2.25. The minimum atomic E-state index is -0.458. The molecule has 0 aliphatic carbocycles. The van der Waals surface area contributed by atoms with E-state index in [2.05, 4.69) is 16.9 Å². The van der Waals surface area contributed by atoms with Crippen molar-refractivity contribution in [3.05, 3.63) is 22.8 Å². The molecule has 0 saturated heterocycles. The number of nitrogens with zero attached hydrogens (tertiary/aromatic N) is 2. The molecule has 4 nitrogen and oxygen atoms in total. The molecule has 1 rings (SSSR count). The summed E-state index contributed by atoms with van der Waals surface area (Å²) in [6.07, 6.45) is 0. The molecule has 0 spiro atoms. The van der Waals surface area contributed by atoms with Gasteiger partial charge in [-0.05, 0) is 45.7 Å². The minimum absolute atomic E-state index is 0.287. The van der Waals surface area contributed by atoms with Gasteiger partial charge in [0.1, 0.15) is 5.60 Å². The summed E-state index contributed by atoms with van der Waals surface area (Å²) < 4.78 is 5.41. The molecule has 1 aromatic rings. The zero-order chi connectivity index (χ0) is 13.2. The van der Waals surface area contributed by atoms with Crippen LogP contribution in [-0.4, -0.2) is 23.6 Å². The summed E-state index contributed by atoms with van der Waals surface area (Å²) in [5, 5.41) is 0. The summed E-state index contributed by atoms with van der Waals surface area (Å²) in [6.45, 7) is 10.6. The third kappa shape index (κ3) is 2.82. The molecule has 4 heteroatoms. The summed E-state index contributed by atoms with van der Waals surface area (Å²) in [7, 11) is 1.67. The number of aryl methyl sites for hydroxylation is 2. The first-order valence-corrected chi connectivity index (χ1v) is 5.94. The van der Waals surface area contributed by atoms with Crippen LogP contribution < -0.4 is 5.73 Å². The summed E-state index contributed by atoms with van der Waals surface area (Å²) in [6, 6.07) is 0. The minimum Gasteiger partial charge on any atom is -0.371 e. The van der Waals surface area contributed by atoms with E-state index in [1.807, 2.05) is 27.7 Å². The fraction of sp³-hybridized carbons (Fsp3) is 0.692. The smallest absolute Gasteiger partial charge is 0.160 e. The van der Waals surface area contributed by atoms with Crippen molar-refractivity contribution in [3.63, 3.8) is 0 Å². The fourth-order valence-corrected chi connectivity index (χ4v) is 1.92. The topological polar surface area (TPSA) is 61.0 Å². The van der Waals surface area contributed by atoms with Gasteiger partial charge in [0.15, 0.2) is 5.82 Å². The number of methoxy groups -OCH3 is 1. The quantitative estimate of drug-likeness (QED) is 0.870. The first-order valence-electron chi connectivity index (χ1n) is 5.94. The van der Waals surface area contributed by atoms with Gasteiger partial charge < -0.3 is 10.5 Å². The van der Waals surface area contributed by atoms with Crippen LogP contribution in [0.1, 0.15) is 49.5 Å². The lowest BCUT2D eigenvalue weighted by molar-refractivity contribution is 0.0111. The van der Waals surface area contributed by atoms with Crippen LogP contribution >= 0.6 is 0 Å². The predicted molar refractivity (Wildman–Crippen MR) is 69.0 cm³/mol. The molecule has 0 aliphatic rings. The van der Waals surface area contributed by atoms with Gasteiger partial charge in [0.05, 0.1) is 0 Å². The molecule has 0 aromatic carbocycles. The third-order valence-electron chi connectivity index (χ3n) is 3.22. The van der Waals surface area contributed by atoms with Crippen molar-refractivity contribution in [2.45, 2.75) is 46.1 Å². The van der Waals surface area contributed by atoms with E-state index in [-0.39, 0.29) is 5.92 Å². The van der Waals surface area contributed by atoms with Crippen LogP contribution in [0.3, 0.4) is 0 Å². The van der Waals surface area contributed by atoms with Gasteiger partial charge in [-0.1, -0.05) is 6.92 Å². The van der Waals surface area contributed by atoms with Crippen molar-refractivity contribution < 1.29 is 4.74 Å². The van der Waals surface area contributed by atoms with Crippen molar-refractivity contribution in [3.8, 4) is 0 Å². The van der Waals surface area contributed by atoms with Gasteiger partial charge in [-0.3, -0.25) is 0 Å². The number of nitrogens with two attached hydrogens (primary N) is 1. The van der Waals surface area contributed by atoms with E-state index in [1.165, 1.54) is 0 Å². The second-order valence-corrected chi connectivity index (χ2v) is 4.98. The number of hydrogen-bond acceptors (Lipinski definition) is 4. The van der Waals surface area contributed by atoms with E-state index in [9.17, 15) is 0 Å².